The third kappa shape index (κ3) is 3.04. The largest absolute Gasteiger partial charge is 0.378 e. The Morgan fingerprint density at radius 1 is 1.28 bits per heavy atom. The van der Waals surface area contributed by atoms with Crippen molar-refractivity contribution in [3.8, 4) is 9.88 Å². The molecular weight excluding hydrogens is 268 g/mol. The van der Waals surface area contributed by atoms with Crippen molar-refractivity contribution in [2.45, 2.75) is 26.9 Å². The number of methoxy groups -OCH3 is 1. The summed E-state index contributed by atoms with van der Waals surface area (Å²) in [6.07, 6.45) is 0.968. The van der Waals surface area contributed by atoms with Crippen LogP contribution in [0.4, 0.5) is 5.13 Å². The molecule has 2 heterocycles. The summed E-state index contributed by atoms with van der Waals surface area (Å²) in [5.74, 6) is 0.582. The van der Waals surface area contributed by atoms with Crippen LogP contribution in [0.15, 0.2) is 0 Å². The summed E-state index contributed by atoms with van der Waals surface area (Å²) in [4.78, 5) is 5.65. The highest BCUT2D eigenvalue weighted by atomic mass is 32.1. The fourth-order valence-electron chi connectivity index (χ4n) is 1.57. The van der Waals surface area contributed by atoms with E-state index in [2.05, 4.69) is 29.0 Å². The summed E-state index contributed by atoms with van der Waals surface area (Å²) in [6, 6.07) is 0. The van der Waals surface area contributed by atoms with Crippen molar-refractivity contribution < 1.29 is 4.74 Å². The first-order valence-electron chi connectivity index (χ1n) is 5.67. The average Bonchev–Trinajstić information content (AvgIpc) is 2.85. The third-order valence-electron chi connectivity index (χ3n) is 2.24. The normalized spacial score (nSPS) is 11.3. The van der Waals surface area contributed by atoms with E-state index in [1.165, 1.54) is 11.3 Å². The smallest absolute Gasteiger partial charge is 0.203 e. The van der Waals surface area contributed by atoms with E-state index in [0.29, 0.717) is 17.7 Å². The molecule has 0 spiro atoms. The first kappa shape index (κ1) is 13.4. The van der Waals surface area contributed by atoms with Gasteiger partial charge in [-0.3, -0.25) is 0 Å². The first-order chi connectivity index (χ1) is 8.60. The first-order valence-corrected chi connectivity index (χ1v) is 7.30. The minimum Gasteiger partial charge on any atom is -0.378 e. The lowest BCUT2D eigenvalue weighted by atomic mass is 10.1. The Bertz CT molecular complexity index is 521. The molecule has 2 aromatic rings. The van der Waals surface area contributed by atoms with Gasteiger partial charge in [0.2, 0.25) is 5.13 Å². The Labute approximate surface area is 114 Å². The molecule has 7 heteroatoms. The molecule has 0 unspecified atom stereocenters. The predicted octanol–water partition coefficient (Wildman–Crippen LogP) is 2.59. The summed E-state index contributed by atoms with van der Waals surface area (Å²) in [7, 11) is 1.67. The maximum absolute atomic E-state index is 5.63. The van der Waals surface area contributed by atoms with Gasteiger partial charge >= 0.3 is 0 Å². The fraction of sp³-hybridized carbons (Fsp3) is 0.545. The van der Waals surface area contributed by atoms with Crippen LogP contribution in [0.2, 0.25) is 0 Å². The van der Waals surface area contributed by atoms with Crippen molar-refractivity contribution in [2.24, 2.45) is 5.92 Å². The van der Waals surface area contributed by atoms with Crippen LogP contribution in [-0.2, 0) is 17.8 Å². The summed E-state index contributed by atoms with van der Waals surface area (Å²) in [5.41, 5.74) is 6.55. The Balaban J connectivity index is 2.34. The molecule has 0 atom stereocenters. The van der Waals surface area contributed by atoms with Crippen molar-refractivity contribution in [3.05, 3.63) is 10.7 Å². The number of nitrogen functional groups attached to an aromatic ring is 1. The zero-order valence-corrected chi connectivity index (χ0v) is 12.3. The molecule has 0 aliphatic heterocycles. The van der Waals surface area contributed by atoms with Crippen LogP contribution < -0.4 is 5.73 Å². The highest BCUT2D eigenvalue weighted by Gasteiger charge is 2.17. The van der Waals surface area contributed by atoms with Gasteiger partial charge in [0, 0.05) is 13.5 Å². The second-order valence-electron chi connectivity index (χ2n) is 4.36. The van der Waals surface area contributed by atoms with Crippen LogP contribution >= 0.6 is 22.7 Å². The topological polar surface area (TPSA) is 73.9 Å². The van der Waals surface area contributed by atoms with Crippen molar-refractivity contribution in [1.29, 1.82) is 0 Å². The molecule has 0 aliphatic rings. The predicted molar refractivity (Wildman–Crippen MR) is 74.7 cm³/mol. The van der Waals surface area contributed by atoms with E-state index in [0.717, 1.165) is 27.0 Å². The Kier molecular flexibility index (Phi) is 4.26. The van der Waals surface area contributed by atoms with Gasteiger partial charge in [-0.2, -0.15) is 0 Å². The second kappa shape index (κ2) is 5.73. The van der Waals surface area contributed by atoms with Crippen molar-refractivity contribution in [2.75, 3.05) is 12.8 Å². The molecule has 2 N–H and O–H groups in total. The quantitative estimate of drug-likeness (QED) is 0.913. The minimum absolute atomic E-state index is 0.479. The van der Waals surface area contributed by atoms with Gasteiger partial charge in [-0.1, -0.05) is 25.2 Å². The fourth-order valence-corrected chi connectivity index (χ4v) is 3.55. The Morgan fingerprint density at radius 2 is 2.06 bits per heavy atom. The van der Waals surface area contributed by atoms with Crippen LogP contribution in [0.25, 0.3) is 9.88 Å². The van der Waals surface area contributed by atoms with Crippen LogP contribution in [0.3, 0.4) is 0 Å². The van der Waals surface area contributed by atoms with E-state index >= 15 is 0 Å². The van der Waals surface area contributed by atoms with Crippen molar-refractivity contribution >= 4 is 27.8 Å². The standard InChI is InChI=1S/C11H16N4OS2/c1-6(2)4-8-13-7(5-16-3)9(17-8)10-14-15-11(12)18-10/h6H,4-5H2,1-3H3,(H2,12,15). The minimum atomic E-state index is 0.479. The number of hydrogen-bond donors (Lipinski definition) is 1. The van der Waals surface area contributed by atoms with Crippen molar-refractivity contribution in [3.63, 3.8) is 0 Å². The third-order valence-corrected chi connectivity index (χ3v) is 4.27. The lowest BCUT2D eigenvalue weighted by Crippen LogP contribution is -1.95. The Hall–Kier alpha value is -1.05. The molecule has 0 bridgehead atoms. The highest BCUT2D eigenvalue weighted by Crippen LogP contribution is 2.34. The number of anilines is 1. The van der Waals surface area contributed by atoms with Gasteiger partial charge in [-0.05, 0) is 5.92 Å². The zero-order chi connectivity index (χ0) is 13.1. The molecule has 18 heavy (non-hydrogen) atoms. The lowest BCUT2D eigenvalue weighted by Gasteiger charge is -1.98. The molecule has 2 rings (SSSR count). The molecule has 0 aliphatic carbocycles. The van der Waals surface area contributed by atoms with E-state index in [1.807, 2.05) is 0 Å². The van der Waals surface area contributed by atoms with Gasteiger partial charge < -0.3 is 10.5 Å². The number of rotatable bonds is 5. The lowest BCUT2D eigenvalue weighted by molar-refractivity contribution is 0.182. The SMILES string of the molecule is COCc1nc(CC(C)C)sc1-c1nnc(N)s1. The van der Waals surface area contributed by atoms with E-state index in [9.17, 15) is 0 Å². The molecule has 5 nitrogen and oxygen atoms in total. The maximum Gasteiger partial charge on any atom is 0.203 e. The van der Waals surface area contributed by atoms with E-state index in [-0.39, 0.29) is 0 Å². The number of nitrogens with two attached hydrogens (primary N) is 1. The van der Waals surface area contributed by atoms with E-state index < -0.39 is 0 Å². The number of hydrogen-bond acceptors (Lipinski definition) is 7. The van der Waals surface area contributed by atoms with Crippen LogP contribution in [0.5, 0.6) is 0 Å². The number of aromatic nitrogens is 3. The van der Waals surface area contributed by atoms with E-state index in [4.69, 9.17) is 10.5 Å². The van der Waals surface area contributed by atoms with E-state index in [1.54, 1.807) is 18.4 Å². The van der Waals surface area contributed by atoms with Crippen LogP contribution in [0, 0.1) is 5.92 Å². The Morgan fingerprint density at radius 3 is 2.61 bits per heavy atom. The van der Waals surface area contributed by atoms with Gasteiger partial charge in [0.05, 0.1) is 22.2 Å². The summed E-state index contributed by atoms with van der Waals surface area (Å²) < 4.78 is 5.18. The molecule has 0 radical (unpaired) electrons. The monoisotopic (exact) mass is 284 g/mol. The number of thiazole rings is 1. The highest BCUT2D eigenvalue weighted by molar-refractivity contribution is 7.23. The molecule has 0 amide bonds. The van der Waals surface area contributed by atoms with Crippen molar-refractivity contribution in [1.82, 2.24) is 15.2 Å². The molecular formula is C11H16N4OS2. The summed E-state index contributed by atoms with van der Waals surface area (Å²) >= 11 is 3.04. The molecule has 2 aromatic heterocycles. The number of ether oxygens (including phenoxy) is 1. The van der Waals surface area contributed by atoms with Gasteiger partial charge in [-0.25, -0.2) is 4.98 Å². The molecule has 98 valence electrons. The second-order valence-corrected chi connectivity index (χ2v) is 6.45. The van der Waals surface area contributed by atoms with Crippen LogP contribution in [-0.4, -0.2) is 22.3 Å². The van der Waals surface area contributed by atoms with Gasteiger partial charge in [0.15, 0.2) is 5.01 Å². The number of nitrogens with zero attached hydrogens (tertiary/aromatic N) is 3. The molecule has 0 saturated carbocycles. The summed E-state index contributed by atoms with van der Waals surface area (Å²) in [6.45, 7) is 4.85. The van der Waals surface area contributed by atoms with Gasteiger partial charge in [0.25, 0.3) is 0 Å². The molecule has 0 fully saturated rings. The van der Waals surface area contributed by atoms with Gasteiger partial charge in [0.1, 0.15) is 0 Å². The van der Waals surface area contributed by atoms with Crippen LogP contribution in [0.1, 0.15) is 24.5 Å². The summed E-state index contributed by atoms with van der Waals surface area (Å²) in [5, 5.41) is 10.3. The van der Waals surface area contributed by atoms with Gasteiger partial charge in [-0.15, -0.1) is 21.5 Å². The molecule has 0 saturated heterocycles. The molecule has 0 aromatic carbocycles. The zero-order valence-electron chi connectivity index (χ0n) is 10.6. The maximum atomic E-state index is 5.63. The average molecular weight is 284 g/mol.